The van der Waals surface area contributed by atoms with Crippen molar-refractivity contribution >= 4 is 26.4 Å². The van der Waals surface area contributed by atoms with Crippen LogP contribution in [-0.4, -0.2) is 46.2 Å². The van der Waals surface area contributed by atoms with E-state index >= 15 is 0 Å². The molecule has 0 spiro atoms. The largest absolute Gasteiger partial charge is 0.491 e. The fourth-order valence-electron chi connectivity index (χ4n) is 2.91. The van der Waals surface area contributed by atoms with Gasteiger partial charge in [-0.15, -0.1) is 0 Å². The van der Waals surface area contributed by atoms with Crippen molar-refractivity contribution in [3.63, 3.8) is 0 Å². The fraction of sp³-hybridized carbons (Fsp3) is 1.00. The molecule has 1 aliphatic heterocycles. The van der Waals surface area contributed by atoms with Gasteiger partial charge in [-0.25, -0.2) is 0 Å². The molecule has 1 rings (SSSR count). The van der Waals surface area contributed by atoms with Gasteiger partial charge in [-0.2, -0.15) is 0 Å². The molecule has 0 unspecified atom stereocenters. The summed E-state index contributed by atoms with van der Waals surface area (Å²) in [4.78, 5) is 0. The molecule has 162 valence electrons. The molecule has 0 amide bonds. The maximum absolute atomic E-state index is 6.81. The van der Waals surface area contributed by atoms with Gasteiger partial charge in [-0.1, -0.05) is 62.3 Å². The first-order valence-electron chi connectivity index (χ1n) is 10.1. The second kappa shape index (κ2) is 8.27. The van der Waals surface area contributed by atoms with Crippen molar-refractivity contribution in [3.8, 4) is 0 Å². The molecular formula is C18H42O6Si3. The van der Waals surface area contributed by atoms with Gasteiger partial charge in [-0.05, 0) is 20.8 Å². The second-order valence-corrected chi connectivity index (χ2v) is 21.2. The third kappa shape index (κ3) is 4.77. The van der Waals surface area contributed by atoms with E-state index in [-0.39, 0.29) is 15.1 Å². The summed E-state index contributed by atoms with van der Waals surface area (Å²) in [6, 6.07) is 0. The van der Waals surface area contributed by atoms with Gasteiger partial charge < -0.3 is 25.6 Å². The maximum atomic E-state index is 6.81. The molecule has 0 radical (unpaired) electrons. The van der Waals surface area contributed by atoms with Crippen LogP contribution in [-0.2, 0) is 25.6 Å². The van der Waals surface area contributed by atoms with Crippen LogP contribution >= 0.6 is 0 Å². The highest BCUT2D eigenvalue weighted by Gasteiger charge is 2.76. The van der Waals surface area contributed by atoms with Crippen molar-refractivity contribution in [1.29, 1.82) is 0 Å². The summed E-state index contributed by atoms with van der Waals surface area (Å²) in [6.07, 6.45) is 0. The van der Waals surface area contributed by atoms with E-state index in [1.807, 2.05) is 20.8 Å². The van der Waals surface area contributed by atoms with Gasteiger partial charge in [0, 0.05) is 34.9 Å². The summed E-state index contributed by atoms with van der Waals surface area (Å²) in [5.41, 5.74) is 0. The van der Waals surface area contributed by atoms with Crippen LogP contribution in [0.2, 0.25) is 15.1 Å². The molecule has 0 bridgehead atoms. The quantitative estimate of drug-likeness (QED) is 0.519. The normalized spacial score (nSPS) is 33.3. The lowest BCUT2D eigenvalue weighted by molar-refractivity contribution is -0.0130. The molecule has 1 heterocycles. The molecule has 6 nitrogen and oxygen atoms in total. The highest BCUT2D eigenvalue weighted by atomic mass is 28.5. The highest BCUT2D eigenvalue weighted by molar-refractivity contribution is 6.91. The summed E-state index contributed by atoms with van der Waals surface area (Å²) < 4.78 is 39.5. The molecule has 9 heteroatoms. The summed E-state index contributed by atoms with van der Waals surface area (Å²) in [6.45, 7) is 26.5. The summed E-state index contributed by atoms with van der Waals surface area (Å²) in [5.74, 6) is 0. The van der Waals surface area contributed by atoms with Gasteiger partial charge in [0.1, 0.15) is 0 Å². The van der Waals surface area contributed by atoms with Crippen LogP contribution in [0.1, 0.15) is 83.1 Å². The zero-order valence-electron chi connectivity index (χ0n) is 19.6. The van der Waals surface area contributed by atoms with Gasteiger partial charge in [0.05, 0.1) is 0 Å². The molecule has 0 aliphatic carbocycles. The van der Waals surface area contributed by atoms with Gasteiger partial charge in [0.2, 0.25) is 0 Å². The average molecular weight is 439 g/mol. The molecule has 0 atom stereocenters. The number of rotatable bonds is 6. The number of hydrogen-bond donors (Lipinski definition) is 0. The van der Waals surface area contributed by atoms with E-state index < -0.39 is 26.4 Å². The monoisotopic (exact) mass is 438 g/mol. The Morgan fingerprint density at radius 2 is 0.667 bits per heavy atom. The standard InChI is InChI=1S/C18H42O6Si3/c1-13-19-25(16(4,5)6)22-26(20-14-2,17(7,8)9)24-27(23-25,21-15-3)18(10,11)12/h13-15H2,1-12H3. The van der Waals surface area contributed by atoms with Crippen LogP contribution in [0, 0.1) is 0 Å². The van der Waals surface area contributed by atoms with E-state index in [0.717, 1.165) is 0 Å². The SMILES string of the molecule is CCO[Si]1(C(C)(C)C)O[Si](OCC)(C(C)(C)C)O[Si](OCC)(C(C)(C)C)O1. The number of hydrogen-bond acceptors (Lipinski definition) is 6. The van der Waals surface area contributed by atoms with Crippen molar-refractivity contribution < 1.29 is 25.6 Å². The van der Waals surface area contributed by atoms with Crippen LogP contribution in [0.4, 0.5) is 0 Å². The minimum absolute atomic E-state index is 0.339. The molecule has 0 aromatic carbocycles. The van der Waals surface area contributed by atoms with Crippen LogP contribution in [0.5, 0.6) is 0 Å². The summed E-state index contributed by atoms with van der Waals surface area (Å²) in [7, 11) is -9.60. The predicted octanol–water partition coefficient (Wildman–Crippen LogP) is 5.38. The van der Waals surface area contributed by atoms with Crippen LogP contribution in [0.25, 0.3) is 0 Å². The zero-order valence-corrected chi connectivity index (χ0v) is 22.6. The Kier molecular flexibility index (Phi) is 7.79. The minimum atomic E-state index is -3.20. The molecule has 0 N–H and O–H groups in total. The molecule has 0 aromatic rings. The van der Waals surface area contributed by atoms with Crippen LogP contribution < -0.4 is 0 Å². The lowest BCUT2D eigenvalue weighted by Crippen LogP contribution is -2.79. The zero-order chi connectivity index (χ0) is 21.4. The minimum Gasteiger partial charge on any atom is -0.374 e. The molecule has 0 saturated carbocycles. The van der Waals surface area contributed by atoms with E-state index in [9.17, 15) is 0 Å². The van der Waals surface area contributed by atoms with Crippen molar-refractivity contribution in [2.45, 2.75) is 98.2 Å². The Balaban J connectivity index is 3.79. The topological polar surface area (TPSA) is 55.4 Å². The Morgan fingerprint density at radius 1 is 0.481 bits per heavy atom. The smallest absolute Gasteiger partial charge is 0.374 e. The Labute approximate surface area is 170 Å². The lowest BCUT2D eigenvalue weighted by Gasteiger charge is -2.58. The molecule has 1 saturated heterocycles. The maximum Gasteiger partial charge on any atom is 0.491 e. The Hall–Kier alpha value is 0.411. The molecule has 27 heavy (non-hydrogen) atoms. The molecule has 0 aromatic heterocycles. The lowest BCUT2D eigenvalue weighted by atomic mass is 10.3. The fourth-order valence-corrected chi connectivity index (χ4v) is 20.0. The van der Waals surface area contributed by atoms with Gasteiger partial charge in [0.25, 0.3) is 0 Å². The summed E-state index contributed by atoms with van der Waals surface area (Å²) in [5, 5.41) is -1.02. The van der Waals surface area contributed by atoms with E-state index in [4.69, 9.17) is 25.6 Å². The third-order valence-corrected chi connectivity index (χ3v) is 18.5. The van der Waals surface area contributed by atoms with E-state index in [1.54, 1.807) is 0 Å². The summed E-state index contributed by atoms with van der Waals surface area (Å²) >= 11 is 0. The first-order chi connectivity index (χ1) is 12.1. The second-order valence-electron chi connectivity index (χ2n) is 10.0. The van der Waals surface area contributed by atoms with Crippen molar-refractivity contribution in [2.24, 2.45) is 0 Å². The van der Waals surface area contributed by atoms with E-state index in [1.165, 1.54) is 0 Å². The Bertz CT molecular complexity index is 415. The van der Waals surface area contributed by atoms with E-state index in [2.05, 4.69) is 62.3 Å². The van der Waals surface area contributed by atoms with Gasteiger partial charge in [-0.3, -0.25) is 0 Å². The van der Waals surface area contributed by atoms with Gasteiger partial charge in [0.15, 0.2) is 0 Å². The van der Waals surface area contributed by atoms with Crippen molar-refractivity contribution in [1.82, 2.24) is 0 Å². The van der Waals surface area contributed by atoms with Crippen LogP contribution in [0.3, 0.4) is 0 Å². The molecule has 1 aliphatic rings. The van der Waals surface area contributed by atoms with E-state index in [0.29, 0.717) is 19.8 Å². The Morgan fingerprint density at radius 3 is 0.778 bits per heavy atom. The predicted molar refractivity (Wildman–Crippen MR) is 115 cm³/mol. The molecule has 1 fully saturated rings. The van der Waals surface area contributed by atoms with Crippen molar-refractivity contribution in [2.75, 3.05) is 19.8 Å². The van der Waals surface area contributed by atoms with Gasteiger partial charge >= 0.3 is 26.4 Å². The first-order valence-corrected chi connectivity index (χ1v) is 15.2. The highest BCUT2D eigenvalue weighted by Crippen LogP contribution is 2.56. The van der Waals surface area contributed by atoms with Crippen LogP contribution in [0.15, 0.2) is 0 Å². The van der Waals surface area contributed by atoms with Crippen molar-refractivity contribution in [3.05, 3.63) is 0 Å². The molecular weight excluding hydrogens is 396 g/mol. The average Bonchev–Trinajstić information content (AvgIpc) is 2.44. The third-order valence-electron chi connectivity index (χ3n) is 4.56. The first kappa shape index (κ1) is 25.4.